The van der Waals surface area contributed by atoms with Crippen molar-refractivity contribution in [2.24, 2.45) is 0 Å². The summed E-state index contributed by atoms with van der Waals surface area (Å²) in [7, 11) is 0. The number of hydrogen-bond acceptors (Lipinski definition) is 2. The molecule has 0 aliphatic carbocycles. The third-order valence-corrected chi connectivity index (χ3v) is 3.51. The number of benzene rings is 2. The Morgan fingerprint density at radius 1 is 1.12 bits per heavy atom. The molecule has 4 nitrogen and oxygen atoms in total. The molecule has 0 aliphatic heterocycles. The second-order valence-corrected chi connectivity index (χ2v) is 6.68. The molecule has 0 aromatic heterocycles. The Morgan fingerprint density at radius 2 is 1.79 bits per heavy atom. The molecule has 2 aromatic rings. The normalized spacial score (nSPS) is 11.0. The number of nitrogens with one attached hydrogen (secondary N) is 2. The van der Waals surface area contributed by atoms with Crippen LogP contribution in [0.3, 0.4) is 0 Å². The van der Waals surface area contributed by atoms with Crippen LogP contribution < -0.4 is 15.4 Å². The van der Waals surface area contributed by atoms with E-state index in [2.05, 4.69) is 37.5 Å². The van der Waals surface area contributed by atoms with Crippen LogP contribution in [0.25, 0.3) is 0 Å². The zero-order chi connectivity index (χ0) is 17.7. The highest BCUT2D eigenvalue weighted by Crippen LogP contribution is 2.31. The number of amides is 2. The molecule has 0 aliphatic rings. The van der Waals surface area contributed by atoms with E-state index in [1.54, 1.807) is 0 Å². The van der Waals surface area contributed by atoms with E-state index in [0.717, 1.165) is 16.9 Å². The van der Waals surface area contributed by atoms with Crippen LogP contribution in [-0.2, 0) is 5.41 Å². The molecule has 128 valence electrons. The summed E-state index contributed by atoms with van der Waals surface area (Å²) in [6.07, 6.45) is 0. The van der Waals surface area contributed by atoms with Gasteiger partial charge < -0.3 is 15.4 Å². The summed E-state index contributed by atoms with van der Waals surface area (Å²) < 4.78 is 18.5. The summed E-state index contributed by atoms with van der Waals surface area (Å²) in [6.45, 7) is 8.42. The Hall–Kier alpha value is -2.56. The van der Waals surface area contributed by atoms with Gasteiger partial charge in [-0.2, -0.15) is 0 Å². The average Bonchev–Trinajstić information content (AvgIpc) is 2.50. The fraction of sp³-hybridized carbons (Fsp3) is 0.316. The Bertz CT molecular complexity index is 706. The Balaban J connectivity index is 1.92. The van der Waals surface area contributed by atoms with Gasteiger partial charge in [0.2, 0.25) is 0 Å². The van der Waals surface area contributed by atoms with Crippen molar-refractivity contribution < 1.29 is 13.9 Å². The van der Waals surface area contributed by atoms with Gasteiger partial charge in [-0.25, -0.2) is 9.18 Å². The molecule has 0 spiro atoms. The molecule has 0 saturated heterocycles. The van der Waals surface area contributed by atoms with E-state index in [4.69, 9.17) is 4.74 Å². The summed E-state index contributed by atoms with van der Waals surface area (Å²) in [4.78, 5) is 11.8. The maximum Gasteiger partial charge on any atom is 0.321 e. The molecule has 0 heterocycles. The molecular formula is C19H23FN2O2. The first-order valence-electron chi connectivity index (χ1n) is 7.80. The molecule has 0 saturated carbocycles. The van der Waals surface area contributed by atoms with Crippen LogP contribution in [0.1, 0.15) is 31.9 Å². The summed E-state index contributed by atoms with van der Waals surface area (Å²) >= 11 is 0. The van der Waals surface area contributed by atoms with Gasteiger partial charge in [0.05, 0.1) is 0 Å². The number of aryl methyl sites for hydroxylation is 1. The zero-order valence-electron chi connectivity index (χ0n) is 14.4. The molecule has 24 heavy (non-hydrogen) atoms. The summed E-state index contributed by atoms with van der Waals surface area (Å²) in [5.41, 5.74) is 2.70. The number of halogens is 1. The number of urea groups is 1. The Labute approximate surface area is 142 Å². The van der Waals surface area contributed by atoms with E-state index in [9.17, 15) is 9.18 Å². The molecule has 5 heteroatoms. The minimum absolute atomic E-state index is 0.0408. The average molecular weight is 330 g/mol. The molecule has 2 N–H and O–H groups in total. The molecule has 2 amide bonds. The van der Waals surface area contributed by atoms with Crippen LogP contribution in [0, 0.1) is 12.7 Å². The highest BCUT2D eigenvalue weighted by molar-refractivity contribution is 5.89. The smallest absolute Gasteiger partial charge is 0.321 e. The largest absolute Gasteiger partial charge is 0.473 e. The van der Waals surface area contributed by atoms with E-state index >= 15 is 0 Å². The highest BCUT2D eigenvalue weighted by Gasteiger charge is 2.19. The van der Waals surface area contributed by atoms with Crippen LogP contribution in [0.2, 0.25) is 0 Å². The predicted octanol–water partition coefficient (Wildman–Crippen LogP) is 4.59. The van der Waals surface area contributed by atoms with Gasteiger partial charge >= 0.3 is 6.03 Å². The molecule has 0 bridgehead atoms. The first kappa shape index (κ1) is 17.8. The van der Waals surface area contributed by atoms with E-state index in [1.165, 1.54) is 24.3 Å². The monoisotopic (exact) mass is 330 g/mol. The first-order chi connectivity index (χ1) is 11.3. The standard InChI is InChI=1S/C19H23FN2O2/c1-13-5-10-17(16(11-13)19(2,3)4)24-12-21-18(23)22-15-8-6-14(20)7-9-15/h5-11H,12H2,1-4H3,(H2,21,22,23). The van der Waals surface area contributed by atoms with Crippen LogP contribution in [0.15, 0.2) is 42.5 Å². The van der Waals surface area contributed by atoms with E-state index < -0.39 is 6.03 Å². The van der Waals surface area contributed by atoms with Gasteiger partial charge in [0, 0.05) is 5.69 Å². The van der Waals surface area contributed by atoms with Gasteiger partial charge in [-0.15, -0.1) is 0 Å². The topological polar surface area (TPSA) is 50.4 Å². The van der Waals surface area contributed by atoms with E-state index in [-0.39, 0.29) is 18.0 Å². The van der Waals surface area contributed by atoms with E-state index in [0.29, 0.717) is 5.69 Å². The summed E-state index contributed by atoms with van der Waals surface area (Å²) in [6, 6.07) is 11.1. The molecule has 0 radical (unpaired) electrons. The first-order valence-corrected chi connectivity index (χ1v) is 7.80. The molecule has 2 aromatic carbocycles. The van der Waals surface area contributed by atoms with Crippen LogP contribution >= 0.6 is 0 Å². The fourth-order valence-corrected chi connectivity index (χ4v) is 2.24. The second kappa shape index (κ2) is 7.34. The van der Waals surface area contributed by atoms with Gasteiger partial charge in [0.1, 0.15) is 11.6 Å². The number of carbonyl (C=O) groups excluding carboxylic acids is 1. The van der Waals surface area contributed by atoms with Crippen molar-refractivity contribution in [3.8, 4) is 5.75 Å². The zero-order valence-corrected chi connectivity index (χ0v) is 14.4. The molecule has 0 atom stereocenters. The van der Waals surface area contributed by atoms with Gasteiger partial charge in [-0.05, 0) is 48.2 Å². The van der Waals surface area contributed by atoms with Gasteiger partial charge in [-0.1, -0.05) is 38.5 Å². The lowest BCUT2D eigenvalue weighted by Crippen LogP contribution is -2.32. The number of carbonyl (C=O) groups is 1. The van der Waals surface area contributed by atoms with Crippen molar-refractivity contribution >= 4 is 11.7 Å². The second-order valence-electron chi connectivity index (χ2n) is 6.68. The minimum atomic E-state index is -0.411. The Kier molecular flexibility index (Phi) is 5.44. The third kappa shape index (κ3) is 4.98. The maximum atomic E-state index is 12.8. The fourth-order valence-electron chi connectivity index (χ4n) is 2.24. The number of hydrogen-bond donors (Lipinski definition) is 2. The molecular weight excluding hydrogens is 307 g/mol. The van der Waals surface area contributed by atoms with E-state index in [1.807, 2.05) is 19.1 Å². The lowest BCUT2D eigenvalue weighted by Gasteiger charge is -2.23. The number of anilines is 1. The lowest BCUT2D eigenvalue weighted by atomic mass is 9.85. The van der Waals surface area contributed by atoms with Crippen molar-refractivity contribution in [2.45, 2.75) is 33.1 Å². The minimum Gasteiger partial charge on any atom is -0.473 e. The van der Waals surface area contributed by atoms with Crippen molar-refractivity contribution in [1.82, 2.24) is 5.32 Å². The lowest BCUT2D eigenvalue weighted by molar-refractivity contribution is 0.233. The highest BCUT2D eigenvalue weighted by atomic mass is 19.1. The molecule has 2 rings (SSSR count). The van der Waals surface area contributed by atoms with Crippen LogP contribution in [0.4, 0.5) is 14.9 Å². The summed E-state index contributed by atoms with van der Waals surface area (Å²) in [5.74, 6) is 0.397. The van der Waals surface area contributed by atoms with Gasteiger partial charge in [-0.3, -0.25) is 0 Å². The number of ether oxygens (including phenoxy) is 1. The van der Waals surface area contributed by atoms with Crippen molar-refractivity contribution in [3.63, 3.8) is 0 Å². The van der Waals surface area contributed by atoms with Crippen LogP contribution in [0.5, 0.6) is 5.75 Å². The van der Waals surface area contributed by atoms with Crippen molar-refractivity contribution in [3.05, 3.63) is 59.4 Å². The predicted molar refractivity (Wildman–Crippen MR) is 93.9 cm³/mol. The molecule has 0 unspecified atom stereocenters. The quantitative estimate of drug-likeness (QED) is 0.806. The van der Waals surface area contributed by atoms with Gasteiger partial charge in [0.15, 0.2) is 6.73 Å². The Morgan fingerprint density at radius 3 is 2.42 bits per heavy atom. The third-order valence-electron chi connectivity index (χ3n) is 3.51. The van der Waals surface area contributed by atoms with Crippen molar-refractivity contribution in [2.75, 3.05) is 12.0 Å². The van der Waals surface area contributed by atoms with Crippen molar-refractivity contribution in [1.29, 1.82) is 0 Å². The molecule has 0 fully saturated rings. The van der Waals surface area contributed by atoms with Crippen LogP contribution in [-0.4, -0.2) is 12.8 Å². The van der Waals surface area contributed by atoms with Gasteiger partial charge in [0.25, 0.3) is 0 Å². The maximum absolute atomic E-state index is 12.8. The summed E-state index contributed by atoms with van der Waals surface area (Å²) in [5, 5.41) is 5.23. The SMILES string of the molecule is Cc1ccc(OCNC(=O)Nc2ccc(F)cc2)c(C(C)(C)C)c1. The number of rotatable bonds is 4.